The van der Waals surface area contributed by atoms with Crippen LogP contribution in [0.15, 0.2) is 60.7 Å². The Kier molecular flexibility index (Phi) is 7.30. The maximum Gasteiger partial charge on any atom is 0.251 e. The van der Waals surface area contributed by atoms with Gasteiger partial charge in [-0.05, 0) is 40.6 Å². The van der Waals surface area contributed by atoms with Crippen LogP contribution in [0.2, 0.25) is 0 Å². The van der Waals surface area contributed by atoms with Crippen LogP contribution in [0, 0.1) is 5.82 Å². The summed E-state index contributed by atoms with van der Waals surface area (Å²) in [5, 5.41) is 5.14. The van der Waals surface area contributed by atoms with Crippen molar-refractivity contribution in [2.24, 2.45) is 5.73 Å². The van der Waals surface area contributed by atoms with E-state index >= 15 is 0 Å². The van der Waals surface area contributed by atoms with Gasteiger partial charge in [-0.2, -0.15) is 0 Å². The number of carbonyl (C=O) groups is 1. The van der Waals surface area contributed by atoms with Crippen molar-refractivity contribution in [3.05, 3.63) is 83.2 Å². The van der Waals surface area contributed by atoms with Crippen LogP contribution in [0.25, 0.3) is 10.8 Å². The van der Waals surface area contributed by atoms with Crippen molar-refractivity contribution in [1.29, 1.82) is 0 Å². The van der Waals surface area contributed by atoms with Crippen LogP contribution in [0.5, 0.6) is 0 Å². The number of hydrogen-bond donors (Lipinski definition) is 2. The summed E-state index contributed by atoms with van der Waals surface area (Å²) >= 11 is 0. The van der Waals surface area contributed by atoms with Crippen molar-refractivity contribution in [2.75, 3.05) is 26.9 Å². The molecule has 6 heteroatoms. The first-order chi connectivity index (χ1) is 14.1. The van der Waals surface area contributed by atoms with Gasteiger partial charge in [0.2, 0.25) is 0 Å². The quantitative estimate of drug-likeness (QED) is 0.543. The minimum absolute atomic E-state index is 0.0707. The van der Waals surface area contributed by atoms with E-state index in [1.165, 1.54) is 18.2 Å². The third kappa shape index (κ3) is 5.38. The van der Waals surface area contributed by atoms with Gasteiger partial charge in [-0.25, -0.2) is 4.39 Å². The van der Waals surface area contributed by atoms with E-state index in [-0.39, 0.29) is 25.1 Å². The van der Waals surface area contributed by atoms with E-state index < -0.39 is 5.82 Å². The number of amides is 1. The lowest BCUT2D eigenvalue weighted by molar-refractivity contribution is 0.0603. The summed E-state index contributed by atoms with van der Waals surface area (Å²) in [6, 6.07) is 17.9. The number of methoxy groups -OCH3 is 1. The number of rotatable bonds is 9. The number of nitrogens with one attached hydrogen (secondary N) is 1. The molecule has 1 atom stereocenters. The second kappa shape index (κ2) is 10.1. The molecule has 0 fully saturated rings. The molecule has 0 aliphatic rings. The molecule has 3 N–H and O–H groups in total. The lowest BCUT2D eigenvalue weighted by Crippen LogP contribution is -2.33. The number of ether oxygens (including phenoxy) is 2. The number of nitrogens with two attached hydrogens (primary N) is 1. The van der Waals surface area contributed by atoms with Crippen molar-refractivity contribution in [1.82, 2.24) is 5.32 Å². The van der Waals surface area contributed by atoms with Gasteiger partial charge in [0.15, 0.2) is 0 Å². The minimum Gasteiger partial charge on any atom is -0.382 e. The Morgan fingerprint density at radius 3 is 2.62 bits per heavy atom. The smallest absolute Gasteiger partial charge is 0.251 e. The molecule has 1 amide bonds. The zero-order valence-electron chi connectivity index (χ0n) is 16.4. The molecule has 3 aromatic carbocycles. The molecule has 0 saturated carbocycles. The van der Waals surface area contributed by atoms with E-state index in [1.807, 2.05) is 42.5 Å². The Morgan fingerprint density at radius 2 is 1.86 bits per heavy atom. The zero-order chi connectivity index (χ0) is 20.6. The third-order valence-electron chi connectivity index (χ3n) is 4.71. The summed E-state index contributed by atoms with van der Waals surface area (Å²) in [5.41, 5.74) is 7.52. The Labute approximate surface area is 169 Å². The Balaban J connectivity index is 1.73. The van der Waals surface area contributed by atoms with Gasteiger partial charge in [0.25, 0.3) is 5.91 Å². The van der Waals surface area contributed by atoms with Gasteiger partial charge in [-0.3, -0.25) is 4.79 Å². The van der Waals surface area contributed by atoms with Crippen molar-refractivity contribution in [3.8, 4) is 0 Å². The number of halogens is 1. The van der Waals surface area contributed by atoms with Crippen molar-refractivity contribution in [2.45, 2.75) is 12.6 Å². The van der Waals surface area contributed by atoms with Crippen molar-refractivity contribution in [3.63, 3.8) is 0 Å². The first kappa shape index (κ1) is 20.9. The van der Waals surface area contributed by atoms with Crippen LogP contribution in [-0.2, 0) is 16.1 Å². The lowest BCUT2D eigenvalue weighted by Gasteiger charge is -2.18. The molecule has 1 unspecified atom stereocenters. The monoisotopic (exact) mass is 396 g/mol. The van der Waals surface area contributed by atoms with Gasteiger partial charge >= 0.3 is 0 Å². The molecule has 0 aromatic heterocycles. The SMILES string of the molecule is COCCOCc1cc(C(=O)NC(CN)c2ccc3ccccc3c2)ccc1F. The number of hydrogen-bond acceptors (Lipinski definition) is 4. The summed E-state index contributed by atoms with van der Waals surface area (Å²) < 4.78 is 24.3. The van der Waals surface area contributed by atoms with E-state index in [0.29, 0.717) is 24.3 Å². The van der Waals surface area contributed by atoms with E-state index in [0.717, 1.165) is 16.3 Å². The maximum atomic E-state index is 14.0. The van der Waals surface area contributed by atoms with E-state index in [2.05, 4.69) is 5.32 Å². The van der Waals surface area contributed by atoms with Gasteiger partial charge in [0.1, 0.15) is 5.82 Å². The van der Waals surface area contributed by atoms with Crippen molar-refractivity contribution >= 4 is 16.7 Å². The van der Waals surface area contributed by atoms with Gasteiger partial charge in [0, 0.05) is 24.8 Å². The van der Waals surface area contributed by atoms with Crippen LogP contribution in [-0.4, -0.2) is 32.8 Å². The predicted octanol–water partition coefficient (Wildman–Crippen LogP) is 3.57. The second-order valence-electron chi connectivity index (χ2n) is 6.72. The van der Waals surface area contributed by atoms with Crippen LogP contribution in [0.4, 0.5) is 4.39 Å². The van der Waals surface area contributed by atoms with Gasteiger partial charge in [-0.15, -0.1) is 0 Å². The van der Waals surface area contributed by atoms with E-state index in [9.17, 15) is 9.18 Å². The summed E-state index contributed by atoms with van der Waals surface area (Å²) in [6.07, 6.45) is 0. The molecule has 0 heterocycles. The molecule has 5 nitrogen and oxygen atoms in total. The largest absolute Gasteiger partial charge is 0.382 e. The molecule has 0 saturated heterocycles. The number of benzene rings is 3. The first-order valence-electron chi connectivity index (χ1n) is 9.47. The highest BCUT2D eigenvalue weighted by Gasteiger charge is 2.16. The average Bonchev–Trinajstić information content (AvgIpc) is 2.75. The highest BCUT2D eigenvalue weighted by molar-refractivity contribution is 5.94. The Morgan fingerprint density at radius 1 is 1.07 bits per heavy atom. The van der Waals surface area contributed by atoms with E-state index in [4.69, 9.17) is 15.2 Å². The van der Waals surface area contributed by atoms with Crippen LogP contribution >= 0.6 is 0 Å². The summed E-state index contributed by atoms with van der Waals surface area (Å²) in [4.78, 5) is 12.7. The lowest BCUT2D eigenvalue weighted by atomic mass is 10.0. The molecular weight excluding hydrogens is 371 g/mol. The highest BCUT2D eigenvalue weighted by atomic mass is 19.1. The molecule has 0 aliphatic carbocycles. The zero-order valence-corrected chi connectivity index (χ0v) is 16.4. The topological polar surface area (TPSA) is 73.6 Å². The third-order valence-corrected chi connectivity index (χ3v) is 4.71. The van der Waals surface area contributed by atoms with Gasteiger partial charge in [-0.1, -0.05) is 36.4 Å². The fraction of sp³-hybridized carbons (Fsp3) is 0.261. The fourth-order valence-corrected chi connectivity index (χ4v) is 3.10. The highest BCUT2D eigenvalue weighted by Crippen LogP contribution is 2.21. The van der Waals surface area contributed by atoms with Crippen LogP contribution in [0.1, 0.15) is 27.5 Å². The van der Waals surface area contributed by atoms with Crippen molar-refractivity contribution < 1.29 is 18.7 Å². The van der Waals surface area contributed by atoms with Gasteiger partial charge in [0.05, 0.1) is 25.9 Å². The number of fused-ring (bicyclic) bond motifs is 1. The van der Waals surface area contributed by atoms with Gasteiger partial charge < -0.3 is 20.5 Å². The molecule has 29 heavy (non-hydrogen) atoms. The molecule has 0 bridgehead atoms. The fourth-order valence-electron chi connectivity index (χ4n) is 3.10. The molecule has 0 radical (unpaired) electrons. The average molecular weight is 396 g/mol. The maximum absolute atomic E-state index is 14.0. The minimum atomic E-state index is -0.413. The Hall–Kier alpha value is -2.80. The standard InChI is InChI=1S/C23H25FN2O3/c1-28-10-11-29-15-20-13-19(8-9-21(20)24)23(27)26-22(14-25)18-7-6-16-4-2-3-5-17(16)12-18/h2-9,12-13,22H,10-11,14-15,25H2,1H3,(H,26,27). The molecule has 3 rings (SSSR count). The molecule has 0 aliphatic heterocycles. The van der Waals surface area contributed by atoms with Crippen LogP contribution < -0.4 is 11.1 Å². The van der Waals surface area contributed by atoms with Crippen LogP contribution in [0.3, 0.4) is 0 Å². The first-order valence-corrected chi connectivity index (χ1v) is 9.47. The molecule has 3 aromatic rings. The summed E-state index contributed by atoms with van der Waals surface area (Å²) in [5.74, 6) is -0.726. The molecular formula is C23H25FN2O3. The Bertz CT molecular complexity index is 977. The normalized spacial score (nSPS) is 12.1. The molecule has 0 spiro atoms. The van der Waals surface area contributed by atoms with E-state index in [1.54, 1.807) is 7.11 Å². The predicted molar refractivity (Wildman–Crippen MR) is 111 cm³/mol. The molecule has 152 valence electrons. The number of carbonyl (C=O) groups excluding carboxylic acids is 1. The summed E-state index contributed by atoms with van der Waals surface area (Å²) in [6.45, 7) is 1.09. The second-order valence-corrected chi connectivity index (χ2v) is 6.72. The summed E-state index contributed by atoms with van der Waals surface area (Å²) in [7, 11) is 1.57.